The van der Waals surface area contributed by atoms with Crippen molar-refractivity contribution in [3.05, 3.63) is 11.6 Å². The average Bonchev–Trinajstić information content (AvgIpc) is 1.87. The maximum Gasteiger partial charge on any atom is 0.295 e. The first-order valence-corrected chi connectivity index (χ1v) is 3.71. The van der Waals surface area contributed by atoms with E-state index in [0.29, 0.717) is 16.9 Å². The summed E-state index contributed by atoms with van der Waals surface area (Å²) in [6, 6.07) is 0. The van der Waals surface area contributed by atoms with Crippen molar-refractivity contribution < 1.29 is 9.22 Å². The molecular formula is C6H12O2Si. The van der Waals surface area contributed by atoms with Gasteiger partial charge in [0.25, 0.3) is 5.97 Å². The summed E-state index contributed by atoms with van der Waals surface area (Å²) in [6.45, 7) is 3.83. The molecule has 52 valence electrons. The van der Waals surface area contributed by atoms with E-state index < -0.39 is 0 Å². The van der Waals surface area contributed by atoms with Crippen molar-refractivity contribution in [2.45, 2.75) is 20.3 Å². The van der Waals surface area contributed by atoms with E-state index in [0.717, 1.165) is 5.57 Å². The van der Waals surface area contributed by atoms with Crippen LogP contribution in [-0.2, 0) is 9.22 Å². The van der Waals surface area contributed by atoms with Crippen LogP contribution in [0.2, 0.25) is 0 Å². The molecule has 9 heavy (non-hydrogen) atoms. The third kappa shape index (κ3) is 3.97. The molecule has 0 N–H and O–H groups in total. The minimum absolute atomic E-state index is 0.114. The van der Waals surface area contributed by atoms with Crippen molar-refractivity contribution in [3.63, 3.8) is 0 Å². The zero-order valence-corrected chi connectivity index (χ0v) is 8.10. The van der Waals surface area contributed by atoms with Crippen LogP contribution in [0.3, 0.4) is 0 Å². The molecule has 0 saturated heterocycles. The van der Waals surface area contributed by atoms with Gasteiger partial charge in [-0.25, -0.2) is 0 Å². The summed E-state index contributed by atoms with van der Waals surface area (Å²) in [5.74, 6) is -0.114. The molecule has 0 bridgehead atoms. The maximum atomic E-state index is 10.6. The first kappa shape index (κ1) is 8.43. The van der Waals surface area contributed by atoms with E-state index in [9.17, 15) is 4.79 Å². The van der Waals surface area contributed by atoms with E-state index in [1.165, 1.54) is 0 Å². The second-order valence-corrected chi connectivity index (χ2v) is 2.30. The monoisotopic (exact) mass is 144 g/mol. The molecule has 0 rings (SSSR count). The van der Waals surface area contributed by atoms with Crippen LogP contribution in [0, 0.1) is 0 Å². The van der Waals surface area contributed by atoms with Gasteiger partial charge in [0, 0.05) is 0 Å². The minimum Gasteiger partial charge on any atom is -0.528 e. The van der Waals surface area contributed by atoms with Gasteiger partial charge in [-0.2, -0.15) is 0 Å². The van der Waals surface area contributed by atoms with Crippen LogP contribution in [0.15, 0.2) is 11.6 Å². The lowest BCUT2D eigenvalue weighted by atomic mass is 10.2. The Morgan fingerprint density at radius 3 is 2.67 bits per heavy atom. The molecule has 0 fully saturated rings. The molecule has 0 aromatic carbocycles. The van der Waals surface area contributed by atoms with Crippen LogP contribution in [0.1, 0.15) is 20.3 Å². The topological polar surface area (TPSA) is 26.3 Å². The fourth-order valence-electron chi connectivity index (χ4n) is 0.402. The summed E-state index contributed by atoms with van der Waals surface area (Å²) in [6.07, 6.45) is 2.36. The van der Waals surface area contributed by atoms with E-state index in [1.807, 2.05) is 19.9 Å². The van der Waals surface area contributed by atoms with Crippen molar-refractivity contribution in [1.82, 2.24) is 0 Å². The van der Waals surface area contributed by atoms with Gasteiger partial charge in [-0.3, -0.25) is 4.79 Å². The van der Waals surface area contributed by atoms with E-state index in [-0.39, 0.29) is 5.97 Å². The van der Waals surface area contributed by atoms with Gasteiger partial charge >= 0.3 is 0 Å². The number of carbonyl (C=O) groups is 1. The highest BCUT2D eigenvalue weighted by atomic mass is 28.2. The highest BCUT2D eigenvalue weighted by Crippen LogP contribution is 1.98. The second-order valence-electron chi connectivity index (χ2n) is 1.89. The first-order chi connectivity index (χ1) is 4.20. The van der Waals surface area contributed by atoms with Crippen molar-refractivity contribution in [2.24, 2.45) is 0 Å². The summed E-state index contributed by atoms with van der Waals surface area (Å²) < 4.78 is 4.58. The Balaban J connectivity index is 3.60. The Kier molecular flexibility index (Phi) is 4.04. The average molecular weight is 144 g/mol. The van der Waals surface area contributed by atoms with Crippen molar-refractivity contribution in [1.29, 1.82) is 0 Å². The fourth-order valence-corrected chi connectivity index (χ4v) is 0.546. The van der Waals surface area contributed by atoms with E-state index in [4.69, 9.17) is 0 Å². The molecule has 0 atom stereocenters. The normalized spacial score (nSPS) is 11.6. The zero-order valence-electron chi connectivity index (χ0n) is 6.10. The van der Waals surface area contributed by atoms with Gasteiger partial charge in [0.15, 0.2) is 0 Å². The molecule has 0 radical (unpaired) electrons. The van der Waals surface area contributed by atoms with E-state index >= 15 is 0 Å². The van der Waals surface area contributed by atoms with Crippen LogP contribution in [-0.4, -0.2) is 16.5 Å². The molecule has 0 heterocycles. The number of allylic oxidation sites excluding steroid dienone is 1. The highest BCUT2D eigenvalue weighted by Gasteiger charge is 1.97. The lowest BCUT2D eigenvalue weighted by Gasteiger charge is -1.97. The molecule has 0 aromatic heterocycles. The highest BCUT2D eigenvalue weighted by molar-refractivity contribution is 6.05. The van der Waals surface area contributed by atoms with E-state index in [2.05, 4.69) is 4.43 Å². The smallest absolute Gasteiger partial charge is 0.295 e. The molecule has 0 saturated carbocycles. The molecule has 0 aliphatic rings. The number of hydrogen-bond donors (Lipinski definition) is 0. The largest absolute Gasteiger partial charge is 0.528 e. The summed E-state index contributed by atoms with van der Waals surface area (Å²) in [5, 5.41) is 0. The van der Waals surface area contributed by atoms with Crippen LogP contribution >= 0.6 is 0 Å². The third-order valence-corrected chi connectivity index (χ3v) is 1.60. The Hall–Kier alpha value is -0.573. The number of hydrogen-bond acceptors (Lipinski definition) is 2. The second kappa shape index (κ2) is 4.32. The Labute approximate surface area is 58.4 Å². The molecule has 0 spiro atoms. The van der Waals surface area contributed by atoms with Crippen LogP contribution in [0.4, 0.5) is 0 Å². The SMILES string of the molecule is CC=C(C)CC(=O)O[SiH3]. The summed E-state index contributed by atoms with van der Waals surface area (Å²) in [4.78, 5) is 10.6. The zero-order chi connectivity index (χ0) is 7.28. The van der Waals surface area contributed by atoms with Gasteiger partial charge in [0.2, 0.25) is 10.5 Å². The Morgan fingerprint density at radius 1 is 1.78 bits per heavy atom. The Bertz CT molecular complexity index is 129. The quantitative estimate of drug-likeness (QED) is 0.408. The van der Waals surface area contributed by atoms with Gasteiger partial charge in [-0.05, 0) is 13.8 Å². The van der Waals surface area contributed by atoms with Gasteiger partial charge in [0.1, 0.15) is 0 Å². The molecule has 0 amide bonds. The van der Waals surface area contributed by atoms with Gasteiger partial charge in [-0.1, -0.05) is 11.6 Å². The van der Waals surface area contributed by atoms with Gasteiger partial charge in [-0.15, -0.1) is 0 Å². The molecule has 2 nitrogen and oxygen atoms in total. The number of carbonyl (C=O) groups excluding carboxylic acids is 1. The van der Waals surface area contributed by atoms with Crippen LogP contribution in [0.5, 0.6) is 0 Å². The summed E-state index contributed by atoms with van der Waals surface area (Å²) in [7, 11) is 0.504. The molecular weight excluding hydrogens is 132 g/mol. The predicted molar refractivity (Wildman–Crippen MR) is 40.1 cm³/mol. The molecule has 3 heteroatoms. The fraction of sp³-hybridized carbons (Fsp3) is 0.500. The molecule has 0 aromatic rings. The summed E-state index contributed by atoms with van der Waals surface area (Å²) in [5.41, 5.74) is 1.07. The minimum atomic E-state index is -0.114. The molecule has 0 aliphatic heterocycles. The van der Waals surface area contributed by atoms with Gasteiger partial charge in [0.05, 0.1) is 6.42 Å². The lowest BCUT2D eigenvalue weighted by Crippen LogP contribution is -2.00. The molecule has 0 unspecified atom stereocenters. The van der Waals surface area contributed by atoms with Crippen molar-refractivity contribution >= 4 is 16.5 Å². The van der Waals surface area contributed by atoms with Crippen molar-refractivity contribution in [3.8, 4) is 0 Å². The third-order valence-electron chi connectivity index (χ3n) is 1.14. The van der Waals surface area contributed by atoms with E-state index in [1.54, 1.807) is 0 Å². The van der Waals surface area contributed by atoms with Crippen LogP contribution < -0.4 is 0 Å². The first-order valence-electron chi connectivity index (χ1n) is 2.89. The molecule has 0 aliphatic carbocycles. The maximum absolute atomic E-state index is 10.6. The predicted octanol–water partition coefficient (Wildman–Crippen LogP) is 0.166. The van der Waals surface area contributed by atoms with Gasteiger partial charge < -0.3 is 4.43 Å². The van der Waals surface area contributed by atoms with Crippen molar-refractivity contribution in [2.75, 3.05) is 0 Å². The summed E-state index contributed by atoms with van der Waals surface area (Å²) >= 11 is 0. The lowest BCUT2D eigenvalue weighted by molar-refractivity contribution is -0.133. The van der Waals surface area contributed by atoms with Crippen LogP contribution in [0.25, 0.3) is 0 Å². The number of rotatable bonds is 2. The standard InChI is InChI=1S/C6H12O2Si/c1-3-5(2)4-6(7)8-9/h3H,4H2,1-2,9H3. The Morgan fingerprint density at radius 2 is 2.33 bits per heavy atom.